The second kappa shape index (κ2) is 9.67. The van der Waals surface area contributed by atoms with Crippen molar-refractivity contribution in [3.8, 4) is 11.5 Å². The highest BCUT2D eigenvalue weighted by Crippen LogP contribution is 2.17. The molecule has 1 amide bonds. The van der Waals surface area contributed by atoms with Crippen LogP contribution in [0.25, 0.3) is 22.4 Å². The maximum absolute atomic E-state index is 12.4. The van der Waals surface area contributed by atoms with Crippen molar-refractivity contribution in [1.29, 1.82) is 0 Å². The summed E-state index contributed by atoms with van der Waals surface area (Å²) in [7, 11) is 0. The van der Waals surface area contributed by atoms with Crippen molar-refractivity contribution in [2.24, 2.45) is 0 Å². The predicted molar refractivity (Wildman–Crippen MR) is 109 cm³/mol. The Kier molecular flexibility index (Phi) is 6.76. The molecule has 0 fully saturated rings. The van der Waals surface area contributed by atoms with Gasteiger partial charge in [-0.05, 0) is 42.0 Å². The number of amides is 1. The number of nitrogens with zero attached hydrogens (tertiary/aromatic N) is 5. The summed E-state index contributed by atoms with van der Waals surface area (Å²) in [6.45, 7) is 1.95. The largest absolute Gasteiger partial charge is 0.490 e. The third-order valence-electron chi connectivity index (χ3n) is 4.03. The number of aromatic amines is 1. The van der Waals surface area contributed by atoms with Gasteiger partial charge in [-0.3, -0.25) is 15.6 Å². The minimum absolute atomic E-state index is 0.322. The van der Waals surface area contributed by atoms with E-state index in [1.54, 1.807) is 24.3 Å². The van der Waals surface area contributed by atoms with Crippen molar-refractivity contribution in [3.05, 3.63) is 59.8 Å². The van der Waals surface area contributed by atoms with E-state index in [2.05, 4.69) is 41.4 Å². The number of hydrazine groups is 1. The molecule has 0 bridgehead atoms. The van der Waals surface area contributed by atoms with Crippen LogP contribution in [0.2, 0.25) is 0 Å². The molecule has 0 unspecified atom stereocenters. The number of alkyl halides is 3. The lowest BCUT2D eigenvalue weighted by molar-refractivity contribution is -0.192. The number of hydrogen-bond donors (Lipinski definition) is 4. The van der Waals surface area contributed by atoms with E-state index in [4.69, 9.17) is 9.90 Å². The number of tetrazole rings is 1. The van der Waals surface area contributed by atoms with Crippen LogP contribution >= 0.6 is 0 Å². The number of H-pyrrole nitrogens is 1. The number of carbonyl (C=O) groups is 2. The first kappa shape index (κ1) is 23.1. The Hall–Kier alpha value is -4.62. The second-order valence-corrected chi connectivity index (χ2v) is 6.37. The van der Waals surface area contributed by atoms with Crippen molar-refractivity contribution in [3.63, 3.8) is 0 Å². The van der Waals surface area contributed by atoms with E-state index in [-0.39, 0.29) is 5.91 Å². The number of nitrogens with one attached hydrogen (secondary N) is 3. The Balaban J connectivity index is 0.000000383. The minimum Gasteiger partial charge on any atom is -0.475 e. The molecule has 0 aliphatic heterocycles. The lowest BCUT2D eigenvalue weighted by Crippen LogP contribution is -2.30. The first-order valence-electron chi connectivity index (χ1n) is 9.09. The number of carboxylic acids is 1. The maximum Gasteiger partial charge on any atom is 0.490 e. The second-order valence-electron chi connectivity index (χ2n) is 6.37. The summed E-state index contributed by atoms with van der Waals surface area (Å²) in [6.07, 6.45) is -5.08. The van der Waals surface area contributed by atoms with E-state index < -0.39 is 12.1 Å². The molecule has 170 valence electrons. The van der Waals surface area contributed by atoms with Gasteiger partial charge in [0.2, 0.25) is 5.82 Å². The highest BCUT2D eigenvalue weighted by Gasteiger charge is 2.38. The van der Waals surface area contributed by atoms with Crippen LogP contribution in [-0.4, -0.2) is 53.8 Å². The number of rotatable bonds is 4. The SMILES string of the molecule is Cc1cc(C(=O)NNc2cccc(-c3nn[nH]n3)n2)nc2ccccc12.O=C(O)C(F)(F)F. The van der Waals surface area contributed by atoms with Crippen LogP contribution in [-0.2, 0) is 4.79 Å². The average Bonchev–Trinajstić information content (AvgIpc) is 3.32. The van der Waals surface area contributed by atoms with Gasteiger partial charge < -0.3 is 5.11 Å². The Morgan fingerprint density at radius 1 is 1.06 bits per heavy atom. The van der Waals surface area contributed by atoms with Crippen molar-refractivity contribution < 1.29 is 27.9 Å². The molecule has 0 aliphatic rings. The molecule has 33 heavy (non-hydrogen) atoms. The number of benzene rings is 1. The number of halogens is 3. The smallest absolute Gasteiger partial charge is 0.475 e. The molecule has 1 aromatic carbocycles. The van der Waals surface area contributed by atoms with E-state index in [9.17, 15) is 18.0 Å². The summed E-state index contributed by atoms with van der Waals surface area (Å²) in [5, 5.41) is 21.8. The molecule has 0 aliphatic carbocycles. The number of aliphatic carboxylic acids is 1. The van der Waals surface area contributed by atoms with E-state index in [1.807, 2.05) is 31.2 Å². The normalized spacial score (nSPS) is 10.8. The standard InChI is InChI=1S/C17H14N8O.C2HF3O2/c1-10-9-14(18-12-6-3-2-5-11(10)12)17(26)23-20-15-8-4-7-13(19-15)16-21-24-25-22-16;3-2(4,5)1(6)7/h2-9H,1H3,(H,19,20)(H,23,26)(H,21,22,24,25);(H,6,7). The highest BCUT2D eigenvalue weighted by atomic mass is 19.4. The van der Waals surface area contributed by atoms with E-state index in [0.717, 1.165) is 16.5 Å². The van der Waals surface area contributed by atoms with Gasteiger partial charge in [-0.25, -0.2) is 14.8 Å². The summed E-state index contributed by atoms with van der Waals surface area (Å²) in [5.41, 5.74) is 7.98. The number of pyridine rings is 2. The van der Waals surface area contributed by atoms with Crippen molar-refractivity contribution in [1.82, 2.24) is 36.0 Å². The summed E-state index contributed by atoms with van der Waals surface area (Å²) >= 11 is 0. The summed E-state index contributed by atoms with van der Waals surface area (Å²) in [6, 6.07) is 14.7. The number of anilines is 1. The molecule has 0 spiro atoms. The molecule has 0 saturated heterocycles. The third-order valence-corrected chi connectivity index (χ3v) is 4.03. The quantitative estimate of drug-likeness (QED) is 0.336. The molecule has 3 heterocycles. The van der Waals surface area contributed by atoms with Crippen LogP contribution in [0.4, 0.5) is 19.0 Å². The molecular weight excluding hydrogens is 445 g/mol. The molecule has 4 rings (SSSR count). The van der Waals surface area contributed by atoms with Crippen molar-refractivity contribution >= 4 is 28.6 Å². The lowest BCUT2D eigenvalue weighted by Gasteiger charge is -2.09. The molecule has 11 nitrogen and oxygen atoms in total. The summed E-state index contributed by atoms with van der Waals surface area (Å²) in [4.78, 5) is 30.0. The monoisotopic (exact) mass is 460 g/mol. The fraction of sp³-hybridized carbons (Fsp3) is 0.105. The molecule has 0 saturated carbocycles. The van der Waals surface area contributed by atoms with Crippen LogP contribution in [0, 0.1) is 6.92 Å². The molecule has 4 aromatic rings. The van der Waals surface area contributed by atoms with Gasteiger partial charge in [0.1, 0.15) is 17.2 Å². The van der Waals surface area contributed by atoms with Crippen LogP contribution < -0.4 is 10.9 Å². The van der Waals surface area contributed by atoms with Crippen LogP contribution in [0.5, 0.6) is 0 Å². The number of hydrogen-bond acceptors (Lipinski definition) is 8. The molecule has 3 aromatic heterocycles. The minimum atomic E-state index is -5.08. The van der Waals surface area contributed by atoms with Gasteiger partial charge >= 0.3 is 12.1 Å². The summed E-state index contributed by atoms with van der Waals surface area (Å²) in [5.74, 6) is -2.30. The van der Waals surface area contributed by atoms with E-state index >= 15 is 0 Å². The summed E-state index contributed by atoms with van der Waals surface area (Å²) < 4.78 is 31.7. The Labute approximate surface area is 183 Å². The van der Waals surface area contributed by atoms with Crippen LogP contribution in [0.3, 0.4) is 0 Å². The zero-order valence-corrected chi connectivity index (χ0v) is 16.8. The van der Waals surface area contributed by atoms with Gasteiger partial charge in [-0.15, -0.1) is 10.2 Å². The van der Waals surface area contributed by atoms with Crippen molar-refractivity contribution in [2.75, 3.05) is 5.43 Å². The molecule has 0 atom stereocenters. The van der Waals surface area contributed by atoms with Crippen LogP contribution in [0.1, 0.15) is 16.1 Å². The third kappa shape index (κ3) is 5.96. The number of carbonyl (C=O) groups excluding carboxylic acids is 1. The topological polar surface area (TPSA) is 159 Å². The molecule has 0 radical (unpaired) electrons. The number of aromatic nitrogens is 6. The predicted octanol–water partition coefficient (Wildman–Crippen LogP) is 2.51. The zero-order valence-electron chi connectivity index (χ0n) is 16.8. The molecule has 4 N–H and O–H groups in total. The number of para-hydroxylation sites is 1. The molecule has 14 heteroatoms. The molecular formula is C19H15F3N8O3. The Morgan fingerprint density at radius 2 is 1.79 bits per heavy atom. The Bertz CT molecular complexity index is 1280. The van der Waals surface area contributed by atoms with Crippen LogP contribution in [0.15, 0.2) is 48.5 Å². The fourth-order valence-electron chi connectivity index (χ4n) is 2.55. The average molecular weight is 460 g/mol. The van der Waals surface area contributed by atoms with Gasteiger partial charge in [0.25, 0.3) is 5.91 Å². The first-order valence-corrected chi connectivity index (χ1v) is 9.09. The van der Waals surface area contributed by atoms with E-state index in [0.29, 0.717) is 23.0 Å². The Morgan fingerprint density at radius 3 is 2.45 bits per heavy atom. The fourth-order valence-corrected chi connectivity index (χ4v) is 2.55. The van der Waals surface area contributed by atoms with Gasteiger partial charge in [-0.2, -0.15) is 18.4 Å². The zero-order chi connectivity index (χ0) is 24.0. The number of fused-ring (bicyclic) bond motifs is 1. The van der Waals surface area contributed by atoms with Gasteiger partial charge in [0, 0.05) is 5.39 Å². The van der Waals surface area contributed by atoms with Gasteiger partial charge in [0.05, 0.1) is 5.52 Å². The van der Waals surface area contributed by atoms with Crippen molar-refractivity contribution in [2.45, 2.75) is 13.1 Å². The lowest BCUT2D eigenvalue weighted by atomic mass is 10.1. The first-order chi connectivity index (χ1) is 15.6. The van der Waals surface area contributed by atoms with Gasteiger partial charge in [0.15, 0.2) is 0 Å². The number of carboxylic acid groups (broad SMARTS) is 1. The van der Waals surface area contributed by atoms with Gasteiger partial charge in [-0.1, -0.05) is 24.3 Å². The number of aryl methyl sites for hydroxylation is 1. The maximum atomic E-state index is 12.4. The van der Waals surface area contributed by atoms with E-state index in [1.165, 1.54) is 0 Å². The highest BCUT2D eigenvalue weighted by molar-refractivity contribution is 5.96.